The summed E-state index contributed by atoms with van der Waals surface area (Å²) in [6.45, 7) is 2.87. The van der Waals surface area contributed by atoms with Crippen molar-refractivity contribution in [3.8, 4) is 16.9 Å². The Morgan fingerprint density at radius 3 is 2.08 bits per heavy atom. The van der Waals surface area contributed by atoms with Gasteiger partial charge in [-0.2, -0.15) is 0 Å². The van der Waals surface area contributed by atoms with Crippen molar-refractivity contribution in [3.63, 3.8) is 0 Å². The van der Waals surface area contributed by atoms with Gasteiger partial charge in [-0.1, -0.05) is 78.9 Å². The van der Waals surface area contributed by atoms with Gasteiger partial charge in [0.2, 0.25) is 0 Å². The first kappa shape index (κ1) is 22.4. The molecule has 6 rings (SSSR count). The van der Waals surface area contributed by atoms with Gasteiger partial charge in [-0.05, 0) is 76.4 Å². The number of benzene rings is 4. The fourth-order valence-electron chi connectivity index (χ4n) is 5.72. The van der Waals surface area contributed by atoms with E-state index in [4.69, 9.17) is 9.47 Å². The summed E-state index contributed by atoms with van der Waals surface area (Å²) in [5, 5.41) is 3.20. The highest BCUT2D eigenvalue weighted by molar-refractivity contribution is 5.79. The molecule has 180 valence electrons. The number of rotatable bonds is 5. The van der Waals surface area contributed by atoms with Crippen molar-refractivity contribution in [1.82, 2.24) is 5.32 Å². The lowest BCUT2D eigenvalue weighted by atomic mass is 9.94. The zero-order valence-corrected chi connectivity index (χ0v) is 20.4. The molecule has 1 N–H and O–H groups in total. The molecule has 2 aliphatic rings. The molecule has 4 heteroatoms. The summed E-state index contributed by atoms with van der Waals surface area (Å²) in [7, 11) is 0. The third-order valence-electron chi connectivity index (χ3n) is 7.37. The average molecular weight is 476 g/mol. The highest BCUT2D eigenvalue weighted by atomic mass is 16.5. The van der Waals surface area contributed by atoms with Crippen molar-refractivity contribution in [2.24, 2.45) is 0 Å². The molecule has 2 aliphatic carbocycles. The van der Waals surface area contributed by atoms with Crippen LogP contribution in [0.3, 0.4) is 0 Å². The fraction of sp³-hybridized carbons (Fsp3) is 0.219. The molecule has 0 spiro atoms. The average Bonchev–Trinajstić information content (AvgIpc) is 3.15. The number of carbonyl (C=O) groups excluding carboxylic acids is 1. The maximum atomic E-state index is 13.3. The summed E-state index contributed by atoms with van der Waals surface area (Å²) in [6, 6.07) is 31.0. The lowest BCUT2D eigenvalue weighted by Gasteiger charge is -2.23. The number of ether oxygens (including phenoxy) is 2. The number of fused-ring (bicyclic) bond motifs is 5. The standard InChI is InChI=1S/C32H29NO3/c1-2-35-23-18-17-22-16-15-21-9-3-4-10-24(21)31(29(22)19-23)33-32(34)36-20-30-27-13-7-5-11-25(27)26-12-6-8-14-28(26)30/h3-14,17-19,30-31H,2,15-16,20H2,1H3,(H,33,34). The highest BCUT2D eigenvalue weighted by Crippen LogP contribution is 2.44. The lowest BCUT2D eigenvalue weighted by molar-refractivity contribution is 0.140. The second-order valence-electron chi connectivity index (χ2n) is 9.40. The summed E-state index contributed by atoms with van der Waals surface area (Å²) in [6.07, 6.45) is 1.44. The van der Waals surface area contributed by atoms with Crippen LogP contribution in [-0.4, -0.2) is 19.3 Å². The van der Waals surface area contributed by atoms with Crippen LogP contribution < -0.4 is 10.1 Å². The van der Waals surface area contributed by atoms with Crippen LogP contribution in [-0.2, 0) is 17.6 Å². The summed E-state index contributed by atoms with van der Waals surface area (Å²) < 4.78 is 11.7. The minimum Gasteiger partial charge on any atom is -0.494 e. The minimum atomic E-state index is -0.411. The molecule has 0 fully saturated rings. The number of alkyl carbamates (subject to hydrolysis) is 1. The third kappa shape index (κ3) is 4.03. The van der Waals surface area contributed by atoms with Crippen LogP contribution in [0.5, 0.6) is 5.75 Å². The van der Waals surface area contributed by atoms with Gasteiger partial charge in [-0.3, -0.25) is 0 Å². The predicted octanol–water partition coefficient (Wildman–Crippen LogP) is 6.81. The van der Waals surface area contributed by atoms with Gasteiger partial charge in [-0.25, -0.2) is 4.79 Å². The second kappa shape index (κ2) is 9.54. The molecular weight excluding hydrogens is 446 g/mol. The van der Waals surface area contributed by atoms with Crippen LogP contribution in [0, 0.1) is 0 Å². The summed E-state index contributed by atoms with van der Waals surface area (Å²) >= 11 is 0. The molecule has 4 nitrogen and oxygen atoms in total. The van der Waals surface area contributed by atoms with E-state index in [0.29, 0.717) is 13.2 Å². The van der Waals surface area contributed by atoms with Crippen LogP contribution in [0.4, 0.5) is 4.79 Å². The van der Waals surface area contributed by atoms with E-state index in [1.165, 1.54) is 33.4 Å². The molecule has 0 aromatic heterocycles. The van der Waals surface area contributed by atoms with Crippen LogP contribution in [0.2, 0.25) is 0 Å². The monoisotopic (exact) mass is 475 g/mol. The van der Waals surface area contributed by atoms with Gasteiger partial charge in [0.05, 0.1) is 12.6 Å². The Kier molecular flexibility index (Phi) is 5.94. The Balaban J connectivity index is 1.27. The molecule has 0 bridgehead atoms. The molecule has 0 saturated heterocycles. The van der Waals surface area contributed by atoms with Crippen molar-refractivity contribution in [2.45, 2.75) is 31.7 Å². The van der Waals surface area contributed by atoms with Gasteiger partial charge < -0.3 is 14.8 Å². The maximum absolute atomic E-state index is 13.3. The van der Waals surface area contributed by atoms with Crippen molar-refractivity contribution < 1.29 is 14.3 Å². The van der Waals surface area contributed by atoms with E-state index in [1.807, 2.05) is 31.2 Å². The number of hydrogen-bond acceptors (Lipinski definition) is 3. The summed E-state index contributed by atoms with van der Waals surface area (Å²) in [5.74, 6) is 0.844. The van der Waals surface area contributed by atoms with E-state index >= 15 is 0 Å². The zero-order chi connectivity index (χ0) is 24.5. The maximum Gasteiger partial charge on any atom is 0.407 e. The highest BCUT2D eigenvalue weighted by Gasteiger charge is 2.30. The van der Waals surface area contributed by atoms with Crippen molar-refractivity contribution in [2.75, 3.05) is 13.2 Å². The molecule has 4 aromatic carbocycles. The topological polar surface area (TPSA) is 47.6 Å². The summed E-state index contributed by atoms with van der Waals surface area (Å²) in [5.41, 5.74) is 9.50. The van der Waals surface area contributed by atoms with E-state index in [1.54, 1.807) is 0 Å². The van der Waals surface area contributed by atoms with Crippen LogP contribution in [0.1, 0.15) is 52.3 Å². The normalized spacial score (nSPS) is 15.6. The van der Waals surface area contributed by atoms with Gasteiger partial charge in [0.15, 0.2) is 0 Å². The first-order valence-electron chi connectivity index (χ1n) is 12.7. The number of amides is 1. The van der Waals surface area contributed by atoms with Crippen molar-refractivity contribution in [1.29, 1.82) is 0 Å². The fourth-order valence-corrected chi connectivity index (χ4v) is 5.72. The number of hydrogen-bond donors (Lipinski definition) is 1. The SMILES string of the molecule is CCOc1ccc2c(c1)C(NC(=O)OCC1c3ccccc3-c3ccccc31)c1ccccc1CC2. The smallest absolute Gasteiger partial charge is 0.407 e. The van der Waals surface area contributed by atoms with E-state index in [-0.39, 0.29) is 12.0 Å². The van der Waals surface area contributed by atoms with Gasteiger partial charge in [0.25, 0.3) is 0 Å². The Morgan fingerprint density at radius 1 is 0.778 bits per heavy atom. The van der Waals surface area contributed by atoms with Gasteiger partial charge >= 0.3 is 6.09 Å². The summed E-state index contributed by atoms with van der Waals surface area (Å²) in [4.78, 5) is 13.3. The Bertz CT molecular complexity index is 1380. The lowest BCUT2D eigenvalue weighted by Crippen LogP contribution is -2.31. The molecule has 1 unspecified atom stereocenters. The molecule has 1 atom stereocenters. The van der Waals surface area contributed by atoms with Crippen molar-refractivity contribution >= 4 is 6.09 Å². The first-order chi connectivity index (χ1) is 17.7. The van der Waals surface area contributed by atoms with Crippen LogP contribution >= 0.6 is 0 Å². The molecule has 36 heavy (non-hydrogen) atoms. The van der Waals surface area contributed by atoms with Gasteiger partial charge in [-0.15, -0.1) is 0 Å². The van der Waals surface area contributed by atoms with E-state index < -0.39 is 6.09 Å². The van der Waals surface area contributed by atoms with E-state index in [9.17, 15) is 4.79 Å². The second-order valence-corrected chi connectivity index (χ2v) is 9.40. The predicted molar refractivity (Wildman–Crippen MR) is 142 cm³/mol. The minimum absolute atomic E-state index is 0.0291. The molecular formula is C32H29NO3. The number of aryl methyl sites for hydroxylation is 2. The Morgan fingerprint density at radius 2 is 1.39 bits per heavy atom. The van der Waals surface area contributed by atoms with Crippen LogP contribution in [0.25, 0.3) is 11.1 Å². The first-order valence-corrected chi connectivity index (χ1v) is 12.7. The molecule has 0 aliphatic heterocycles. The quantitative estimate of drug-likeness (QED) is 0.345. The van der Waals surface area contributed by atoms with Gasteiger partial charge in [0, 0.05) is 5.92 Å². The molecule has 0 heterocycles. The van der Waals surface area contributed by atoms with E-state index in [0.717, 1.165) is 29.7 Å². The number of nitrogens with one attached hydrogen (secondary N) is 1. The third-order valence-corrected chi connectivity index (χ3v) is 7.37. The molecule has 1 amide bonds. The largest absolute Gasteiger partial charge is 0.494 e. The number of carbonyl (C=O) groups is 1. The van der Waals surface area contributed by atoms with Crippen LogP contribution in [0.15, 0.2) is 91.0 Å². The van der Waals surface area contributed by atoms with Gasteiger partial charge in [0.1, 0.15) is 12.4 Å². The zero-order valence-electron chi connectivity index (χ0n) is 20.4. The Hall–Kier alpha value is -4.05. The Labute approximate surface area is 211 Å². The molecule has 0 saturated carbocycles. The van der Waals surface area contributed by atoms with Crippen molar-refractivity contribution in [3.05, 3.63) is 124 Å². The molecule has 4 aromatic rings. The molecule has 0 radical (unpaired) electrons. The van der Waals surface area contributed by atoms with E-state index in [2.05, 4.69) is 72.0 Å².